The molecule has 3 heteroatoms. The second-order valence-corrected chi connectivity index (χ2v) is 6.68. The van der Waals surface area contributed by atoms with Crippen LogP contribution < -0.4 is 10.1 Å². The van der Waals surface area contributed by atoms with Gasteiger partial charge in [0.05, 0.1) is 0 Å². The smallest absolute Gasteiger partial charge is 0.120 e. The summed E-state index contributed by atoms with van der Waals surface area (Å²) in [6.07, 6.45) is 0. The van der Waals surface area contributed by atoms with E-state index in [1.54, 1.807) is 0 Å². The largest absolute Gasteiger partial charge is 0.489 e. The van der Waals surface area contributed by atoms with E-state index in [0.717, 1.165) is 12.3 Å². The van der Waals surface area contributed by atoms with E-state index in [9.17, 15) is 0 Å². The molecule has 1 aromatic carbocycles. The normalized spacial score (nSPS) is 11.1. The number of nitrogens with one attached hydrogen (secondary N) is 1. The van der Waals surface area contributed by atoms with Gasteiger partial charge in [-0.3, -0.25) is 0 Å². The lowest BCUT2D eigenvalue weighted by atomic mass is 10.0. The highest BCUT2D eigenvalue weighted by atomic mass is 32.1. The fourth-order valence-electron chi connectivity index (χ4n) is 2.12. The summed E-state index contributed by atoms with van der Waals surface area (Å²) in [5, 5.41) is 3.19. The molecule has 0 fully saturated rings. The molecule has 0 unspecified atom stereocenters. The van der Waals surface area contributed by atoms with Crippen molar-refractivity contribution in [1.29, 1.82) is 0 Å². The average Bonchev–Trinajstić information content (AvgIpc) is 2.77. The van der Waals surface area contributed by atoms with E-state index in [4.69, 9.17) is 4.74 Å². The fourth-order valence-corrected chi connectivity index (χ4v) is 3.18. The van der Waals surface area contributed by atoms with Crippen molar-refractivity contribution in [2.45, 2.75) is 39.8 Å². The minimum absolute atomic E-state index is 0.531. The molecule has 0 saturated carbocycles. The van der Waals surface area contributed by atoms with E-state index in [-0.39, 0.29) is 0 Å². The summed E-state index contributed by atoms with van der Waals surface area (Å²) in [7, 11) is 1.97. The molecule has 1 N–H and O–H groups in total. The molecule has 20 heavy (non-hydrogen) atoms. The number of rotatable bonds is 6. The van der Waals surface area contributed by atoms with Crippen LogP contribution in [-0.2, 0) is 13.2 Å². The molecular formula is C17H23NOS. The number of hydrogen-bond donors (Lipinski definition) is 1. The van der Waals surface area contributed by atoms with Gasteiger partial charge in [-0.25, -0.2) is 0 Å². The van der Waals surface area contributed by atoms with Crippen molar-refractivity contribution in [3.63, 3.8) is 0 Å². The number of hydrogen-bond acceptors (Lipinski definition) is 3. The zero-order valence-electron chi connectivity index (χ0n) is 12.7. The molecule has 2 aromatic rings. The fraction of sp³-hybridized carbons (Fsp3) is 0.412. The molecule has 108 valence electrons. The summed E-state index contributed by atoms with van der Waals surface area (Å²) in [5.74, 6) is 1.49. The van der Waals surface area contributed by atoms with Crippen LogP contribution in [0.1, 0.15) is 40.6 Å². The minimum atomic E-state index is 0.531. The average molecular weight is 289 g/mol. The summed E-state index contributed by atoms with van der Waals surface area (Å²) < 4.78 is 5.94. The third-order valence-electron chi connectivity index (χ3n) is 3.34. The van der Waals surface area contributed by atoms with Crippen LogP contribution in [0.15, 0.2) is 30.3 Å². The van der Waals surface area contributed by atoms with Gasteiger partial charge in [0, 0.05) is 21.9 Å². The lowest BCUT2D eigenvalue weighted by molar-refractivity contribution is 0.305. The number of benzene rings is 1. The Kier molecular flexibility index (Phi) is 5.21. The Morgan fingerprint density at radius 3 is 2.75 bits per heavy atom. The summed E-state index contributed by atoms with van der Waals surface area (Å²) >= 11 is 1.84. The molecule has 2 rings (SSSR count). The first-order valence-corrected chi connectivity index (χ1v) is 7.87. The maximum Gasteiger partial charge on any atom is 0.120 e. The molecule has 0 aliphatic carbocycles. The second-order valence-electron chi connectivity index (χ2n) is 5.34. The van der Waals surface area contributed by atoms with Crippen LogP contribution >= 0.6 is 11.3 Å². The molecule has 0 spiro atoms. The van der Waals surface area contributed by atoms with Crippen LogP contribution in [0.4, 0.5) is 0 Å². The lowest BCUT2D eigenvalue weighted by Gasteiger charge is -2.09. The predicted octanol–water partition coefficient (Wildman–Crippen LogP) is 4.48. The van der Waals surface area contributed by atoms with E-state index in [1.807, 2.05) is 24.5 Å². The van der Waals surface area contributed by atoms with Crippen LogP contribution in [0.2, 0.25) is 0 Å². The molecule has 0 aliphatic heterocycles. The Labute approximate surface area is 125 Å². The Balaban J connectivity index is 2.03. The Bertz CT molecular complexity index is 560. The van der Waals surface area contributed by atoms with E-state index in [1.165, 1.54) is 20.9 Å². The van der Waals surface area contributed by atoms with Crippen LogP contribution in [0.3, 0.4) is 0 Å². The maximum absolute atomic E-state index is 5.94. The van der Waals surface area contributed by atoms with Gasteiger partial charge < -0.3 is 10.1 Å². The van der Waals surface area contributed by atoms with Gasteiger partial charge in [-0.1, -0.05) is 26.0 Å². The quantitative estimate of drug-likeness (QED) is 0.846. The SMILES string of the molecule is CNCc1cc(COc2cccc(C(C)C)c2)c(C)s1. The molecule has 1 aromatic heterocycles. The van der Waals surface area contributed by atoms with Crippen molar-refractivity contribution >= 4 is 11.3 Å². The van der Waals surface area contributed by atoms with Crippen LogP contribution in [-0.4, -0.2) is 7.05 Å². The van der Waals surface area contributed by atoms with Crippen molar-refractivity contribution < 1.29 is 4.74 Å². The van der Waals surface area contributed by atoms with E-state index < -0.39 is 0 Å². The lowest BCUT2D eigenvalue weighted by Crippen LogP contribution is -2.02. The zero-order valence-corrected chi connectivity index (χ0v) is 13.5. The summed E-state index contributed by atoms with van der Waals surface area (Å²) in [6, 6.07) is 10.6. The van der Waals surface area contributed by atoms with Gasteiger partial charge in [0.25, 0.3) is 0 Å². The molecule has 0 amide bonds. The van der Waals surface area contributed by atoms with Gasteiger partial charge in [-0.2, -0.15) is 0 Å². The molecule has 1 heterocycles. The maximum atomic E-state index is 5.94. The first-order chi connectivity index (χ1) is 9.60. The topological polar surface area (TPSA) is 21.3 Å². The van der Waals surface area contributed by atoms with Crippen LogP contribution in [0, 0.1) is 6.92 Å². The number of aryl methyl sites for hydroxylation is 1. The Morgan fingerprint density at radius 2 is 2.05 bits per heavy atom. The summed E-state index contributed by atoms with van der Waals surface area (Å²) in [5.41, 5.74) is 2.61. The molecule has 2 nitrogen and oxygen atoms in total. The highest BCUT2D eigenvalue weighted by molar-refractivity contribution is 7.12. The first kappa shape index (κ1) is 15.1. The second kappa shape index (κ2) is 6.91. The highest BCUT2D eigenvalue weighted by Gasteiger charge is 2.07. The van der Waals surface area contributed by atoms with Crippen molar-refractivity contribution in [2.24, 2.45) is 0 Å². The standard InChI is InChI=1S/C17H23NOS/c1-12(2)14-6-5-7-16(8-14)19-11-15-9-17(10-18-4)20-13(15)3/h5-9,12,18H,10-11H2,1-4H3. The van der Waals surface area contributed by atoms with Crippen molar-refractivity contribution in [3.8, 4) is 5.75 Å². The molecule has 0 saturated heterocycles. The van der Waals surface area contributed by atoms with Gasteiger partial charge in [0.15, 0.2) is 0 Å². The third-order valence-corrected chi connectivity index (χ3v) is 4.43. The Morgan fingerprint density at radius 1 is 1.25 bits per heavy atom. The molecule has 0 aliphatic rings. The van der Waals surface area contributed by atoms with Gasteiger partial charge >= 0.3 is 0 Å². The molecule has 0 radical (unpaired) electrons. The van der Waals surface area contributed by atoms with E-state index >= 15 is 0 Å². The van der Waals surface area contributed by atoms with E-state index in [0.29, 0.717) is 12.5 Å². The van der Waals surface area contributed by atoms with Crippen LogP contribution in [0.25, 0.3) is 0 Å². The van der Waals surface area contributed by atoms with Gasteiger partial charge in [0.1, 0.15) is 12.4 Å². The summed E-state index contributed by atoms with van der Waals surface area (Å²) in [6.45, 7) is 8.13. The predicted molar refractivity (Wildman–Crippen MR) is 86.7 cm³/mol. The zero-order chi connectivity index (χ0) is 14.5. The van der Waals surface area contributed by atoms with E-state index in [2.05, 4.69) is 50.4 Å². The Hall–Kier alpha value is -1.32. The summed E-state index contributed by atoms with van der Waals surface area (Å²) in [4.78, 5) is 2.70. The minimum Gasteiger partial charge on any atom is -0.489 e. The van der Waals surface area contributed by atoms with Crippen molar-refractivity contribution in [2.75, 3.05) is 7.05 Å². The number of ether oxygens (including phenoxy) is 1. The molecule has 0 atom stereocenters. The van der Waals surface area contributed by atoms with Gasteiger partial charge in [0.2, 0.25) is 0 Å². The molecule has 0 bridgehead atoms. The van der Waals surface area contributed by atoms with Crippen molar-refractivity contribution in [3.05, 3.63) is 51.2 Å². The van der Waals surface area contributed by atoms with Gasteiger partial charge in [-0.05, 0) is 43.7 Å². The first-order valence-electron chi connectivity index (χ1n) is 7.05. The number of thiophene rings is 1. The highest BCUT2D eigenvalue weighted by Crippen LogP contribution is 2.25. The molecular weight excluding hydrogens is 266 g/mol. The van der Waals surface area contributed by atoms with Crippen LogP contribution in [0.5, 0.6) is 5.75 Å². The van der Waals surface area contributed by atoms with Gasteiger partial charge in [-0.15, -0.1) is 11.3 Å². The monoisotopic (exact) mass is 289 g/mol. The third kappa shape index (κ3) is 3.84. The van der Waals surface area contributed by atoms with Crippen molar-refractivity contribution in [1.82, 2.24) is 5.32 Å².